The summed E-state index contributed by atoms with van der Waals surface area (Å²) in [5, 5.41) is 0. The summed E-state index contributed by atoms with van der Waals surface area (Å²) in [5.41, 5.74) is 9.28. The van der Waals surface area contributed by atoms with Gasteiger partial charge in [0.05, 0.1) is 6.20 Å². The Kier molecular flexibility index (Phi) is 10.7. The molecular formula is C46H46BNO2S. The van der Waals surface area contributed by atoms with Gasteiger partial charge < -0.3 is 9.47 Å². The molecule has 8 rings (SSSR count). The summed E-state index contributed by atoms with van der Waals surface area (Å²) in [6.07, 6.45) is 5.39. The molecule has 0 bridgehead atoms. The Balaban J connectivity index is 0.000000159. The molecule has 3 nitrogen and oxygen atoms in total. The number of hydrogen-bond acceptors (Lipinski definition) is 3. The van der Waals surface area contributed by atoms with Crippen molar-refractivity contribution in [2.24, 2.45) is 0 Å². The van der Waals surface area contributed by atoms with Gasteiger partial charge in [-0.25, -0.2) is 0 Å². The minimum Gasteiger partial charge on any atom is -0.344 e. The van der Waals surface area contributed by atoms with Crippen molar-refractivity contribution in [3.05, 3.63) is 193 Å². The number of quaternary nitrogens is 1. The molecule has 0 amide bonds. The molecule has 0 spiro atoms. The van der Waals surface area contributed by atoms with Gasteiger partial charge in [0, 0.05) is 10.5 Å². The predicted octanol–water partition coefficient (Wildman–Crippen LogP) is 6.73. The topological polar surface area (TPSA) is 22.9 Å². The number of ether oxygens (including phenoxy) is 2. The minimum atomic E-state index is -1.22. The van der Waals surface area contributed by atoms with Crippen molar-refractivity contribution >= 4 is 45.8 Å². The highest BCUT2D eigenvalue weighted by molar-refractivity contribution is 7.98. The summed E-state index contributed by atoms with van der Waals surface area (Å²) in [6, 6.07) is 61.1. The van der Waals surface area contributed by atoms with Crippen LogP contribution < -0.4 is 26.8 Å². The number of thioether (sulfide) groups is 1. The molecule has 0 aliphatic carbocycles. The van der Waals surface area contributed by atoms with Crippen LogP contribution in [0.25, 0.3) is 6.08 Å². The second-order valence-corrected chi connectivity index (χ2v) is 14.8. The van der Waals surface area contributed by atoms with Gasteiger partial charge in [-0.3, -0.25) is 4.90 Å². The fraction of sp³-hybridized carbons (Fsp3) is 0.174. The van der Waals surface area contributed by atoms with Crippen LogP contribution in [0.5, 0.6) is 0 Å². The molecule has 1 fully saturated rings. The Morgan fingerprint density at radius 3 is 1.57 bits per heavy atom. The van der Waals surface area contributed by atoms with Crippen LogP contribution in [0.4, 0.5) is 0 Å². The maximum atomic E-state index is 6.40. The fourth-order valence-corrected chi connectivity index (χ4v) is 8.31. The van der Waals surface area contributed by atoms with E-state index >= 15 is 0 Å². The first-order valence-corrected chi connectivity index (χ1v) is 19.2. The van der Waals surface area contributed by atoms with E-state index < -0.39 is 11.9 Å². The van der Waals surface area contributed by atoms with Crippen LogP contribution in [0.3, 0.4) is 0 Å². The third kappa shape index (κ3) is 7.54. The lowest BCUT2D eigenvalue weighted by atomic mass is 9.13. The van der Waals surface area contributed by atoms with Gasteiger partial charge in [0.1, 0.15) is 31.4 Å². The largest absolute Gasteiger partial charge is 0.344 e. The molecule has 0 radical (unpaired) electrons. The SMILES string of the molecule is CSc1ccc([C@@H]2OC(C)(C)OC[C@@H]2[NH+]2C=Cc3ccccc3C2)cc1.c1ccc([B-](c2ccccc2)(c2ccccc2)c2ccccc2)cc1. The molecule has 3 atom stereocenters. The van der Waals surface area contributed by atoms with E-state index in [9.17, 15) is 0 Å². The van der Waals surface area contributed by atoms with Gasteiger partial charge in [-0.1, -0.05) is 158 Å². The molecule has 2 heterocycles. The lowest BCUT2D eigenvalue weighted by Crippen LogP contribution is -3.12. The van der Waals surface area contributed by atoms with Crippen LogP contribution >= 0.6 is 11.8 Å². The molecule has 51 heavy (non-hydrogen) atoms. The molecule has 0 saturated carbocycles. The summed E-state index contributed by atoms with van der Waals surface area (Å²) < 4.78 is 12.4. The van der Waals surface area contributed by atoms with Crippen molar-refractivity contribution in [3.63, 3.8) is 0 Å². The summed E-state index contributed by atoms with van der Waals surface area (Å²) in [6.45, 7) is 5.65. The Morgan fingerprint density at radius 1 is 0.608 bits per heavy atom. The minimum absolute atomic E-state index is 0.0135. The number of rotatable bonds is 7. The summed E-state index contributed by atoms with van der Waals surface area (Å²) in [4.78, 5) is 2.66. The van der Waals surface area contributed by atoms with E-state index in [1.54, 1.807) is 11.8 Å². The van der Waals surface area contributed by atoms with Crippen LogP contribution in [0, 0.1) is 0 Å². The first-order chi connectivity index (χ1) is 25.0. The zero-order valence-corrected chi connectivity index (χ0v) is 30.5. The maximum Gasteiger partial charge on any atom is 0.164 e. The van der Waals surface area contributed by atoms with E-state index in [1.807, 2.05) is 13.8 Å². The lowest BCUT2D eigenvalue weighted by molar-refractivity contribution is -0.898. The van der Waals surface area contributed by atoms with E-state index in [-0.39, 0.29) is 12.1 Å². The molecule has 5 heteroatoms. The van der Waals surface area contributed by atoms with Crippen molar-refractivity contribution in [2.75, 3.05) is 12.9 Å². The summed E-state index contributed by atoms with van der Waals surface area (Å²) in [5.74, 6) is -0.559. The van der Waals surface area contributed by atoms with Crippen LogP contribution in [0.15, 0.2) is 181 Å². The Morgan fingerprint density at radius 2 is 1.08 bits per heavy atom. The van der Waals surface area contributed by atoms with Crippen molar-refractivity contribution < 1.29 is 14.4 Å². The molecular weight excluding hydrogens is 641 g/mol. The van der Waals surface area contributed by atoms with Crippen LogP contribution in [-0.2, 0) is 16.0 Å². The highest BCUT2D eigenvalue weighted by atomic mass is 32.2. The molecule has 256 valence electrons. The molecule has 1 N–H and O–H groups in total. The van der Waals surface area contributed by atoms with Gasteiger partial charge in [0.15, 0.2) is 5.79 Å². The van der Waals surface area contributed by atoms with E-state index in [0.717, 1.165) is 6.54 Å². The van der Waals surface area contributed by atoms with Gasteiger partial charge in [0.25, 0.3) is 0 Å². The molecule has 6 aromatic rings. The Labute approximate surface area is 307 Å². The molecule has 1 saturated heterocycles. The van der Waals surface area contributed by atoms with E-state index in [4.69, 9.17) is 9.47 Å². The number of hydrogen-bond donors (Lipinski definition) is 1. The molecule has 2 aliphatic heterocycles. The van der Waals surface area contributed by atoms with Gasteiger partial charge in [-0.15, -0.1) is 11.8 Å². The highest BCUT2D eigenvalue weighted by Gasteiger charge is 2.43. The monoisotopic (exact) mass is 687 g/mol. The Bertz CT molecular complexity index is 1860. The normalized spacial score (nSPS) is 19.3. The van der Waals surface area contributed by atoms with E-state index in [1.165, 1.54) is 48.3 Å². The molecule has 0 aromatic heterocycles. The Hall–Kier alpha value is -4.65. The smallest absolute Gasteiger partial charge is 0.164 e. The zero-order valence-electron chi connectivity index (χ0n) is 29.7. The molecule has 1 unspecified atom stereocenters. The van der Waals surface area contributed by atoms with Crippen molar-refractivity contribution in [1.29, 1.82) is 0 Å². The molecule has 2 aliphatic rings. The van der Waals surface area contributed by atoms with E-state index in [0.29, 0.717) is 6.61 Å². The van der Waals surface area contributed by atoms with Crippen LogP contribution in [-0.4, -0.2) is 30.8 Å². The maximum absolute atomic E-state index is 6.40. The quantitative estimate of drug-likeness (QED) is 0.149. The predicted molar refractivity (Wildman–Crippen MR) is 216 cm³/mol. The van der Waals surface area contributed by atoms with Crippen molar-refractivity contribution in [3.8, 4) is 0 Å². The lowest BCUT2D eigenvalue weighted by Gasteiger charge is -2.44. The van der Waals surface area contributed by atoms with E-state index in [2.05, 4.69) is 188 Å². The highest BCUT2D eigenvalue weighted by Crippen LogP contribution is 2.33. The molecule has 6 aromatic carbocycles. The van der Waals surface area contributed by atoms with Gasteiger partial charge >= 0.3 is 0 Å². The van der Waals surface area contributed by atoms with Gasteiger partial charge in [-0.05, 0) is 49.4 Å². The number of fused-ring (bicyclic) bond motifs is 1. The average molecular weight is 688 g/mol. The van der Waals surface area contributed by atoms with Crippen molar-refractivity contribution in [1.82, 2.24) is 0 Å². The van der Waals surface area contributed by atoms with Crippen LogP contribution in [0.1, 0.15) is 36.6 Å². The standard InChI is InChI=1S/C24H20B.C22H25NO2S/c1-5-13-21(14-6-1)25(22-15-7-2-8-16-22,23-17-9-3-10-18-23)24-19-11-4-12-20-24;1-22(2)24-15-20(21(25-22)17-8-10-19(26-3)11-9-17)23-13-12-16-6-4-5-7-18(16)14-23/h1-20H;4-13,20-21H,14-15H2,1-3H3/q-1;/p+1/t;20-,21-/m.0/s1. The third-order valence-electron chi connectivity index (χ3n) is 10.4. The summed E-state index contributed by atoms with van der Waals surface area (Å²) in [7, 11) is 0. The summed E-state index contributed by atoms with van der Waals surface area (Å²) >= 11 is 1.76. The second-order valence-electron chi connectivity index (χ2n) is 13.9. The fourth-order valence-electron chi connectivity index (χ4n) is 7.90. The number of nitrogens with one attached hydrogen (secondary N) is 1. The first-order valence-electron chi connectivity index (χ1n) is 17.9. The van der Waals surface area contributed by atoms with Crippen molar-refractivity contribution in [2.45, 2.75) is 43.2 Å². The third-order valence-corrected chi connectivity index (χ3v) is 11.2. The first kappa shape index (κ1) is 34.8. The average Bonchev–Trinajstić information content (AvgIpc) is 3.20. The van der Waals surface area contributed by atoms with Gasteiger partial charge in [0.2, 0.25) is 0 Å². The van der Waals surface area contributed by atoms with Gasteiger partial charge in [-0.2, -0.15) is 21.9 Å². The zero-order chi connectivity index (χ0) is 35.1. The number of benzene rings is 6. The van der Waals surface area contributed by atoms with Crippen LogP contribution in [0.2, 0.25) is 0 Å². The second kappa shape index (κ2) is 15.7.